The highest BCUT2D eigenvalue weighted by molar-refractivity contribution is 5.72. The van der Waals surface area contributed by atoms with Crippen molar-refractivity contribution in [1.82, 2.24) is 9.88 Å². The molecule has 2 amide bonds. The number of aryl methyl sites for hydroxylation is 2. The molecule has 0 spiro atoms. The van der Waals surface area contributed by atoms with Crippen LogP contribution in [0.3, 0.4) is 0 Å². The number of hydrogen-bond donors (Lipinski definition) is 3. The van der Waals surface area contributed by atoms with Crippen LogP contribution in [0.4, 0.5) is 4.79 Å². The quantitative estimate of drug-likeness (QED) is 0.794. The van der Waals surface area contributed by atoms with E-state index in [0.29, 0.717) is 0 Å². The largest absolute Gasteiger partial charge is 0.394 e. The van der Waals surface area contributed by atoms with Gasteiger partial charge in [0.2, 0.25) is 0 Å². The second kappa shape index (κ2) is 5.79. The number of nitrogens with two attached hydrogens (primary N) is 1. The monoisotopic (exact) mass is 273 g/mol. The second-order valence-electron chi connectivity index (χ2n) is 4.79. The van der Waals surface area contributed by atoms with Crippen molar-refractivity contribution in [3.8, 4) is 5.69 Å². The Balaban J connectivity index is 2.28. The van der Waals surface area contributed by atoms with Crippen LogP contribution in [0.1, 0.15) is 23.0 Å². The third-order valence-corrected chi connectivity index (χ3v) is 3.32. The van der Waals surface area contributed by atoms with E-state index in [4.69, 9.17) is 5.73 Å². The number of carbonyl (C=O) groups is 1. The molecular weight excluding hydrogens is 254 g/mol. The summed E-state index contributed by atoms with van der Waals surface area (Å²) in [5, 5.41) is 11.8. The van der Waals surface area contributed by atoms with E-state index < -0.39 is 12.1 Å². The third-order valence-electron chi connectivity index (χ3n) is 3.32. The van der Waals surface area contributed by atoms with E-state index in [2.05, 4.69) is 22.0 Å². The molecule has 1 aromatic heterocycles. The molecule has 0 saturated heterocycles. The van der Waals surface area contributed by atoms with E-state index in [1.165, 1.54) is 0 Å². The molecule has 1 heterocycles. The summed E-state index contributed by atoms with van der Waals surface area (Å²) in [4.78, 5) is 10.9. The van der Waals surface area contributed by atoms with Crippen LogP contribution in [0.15, 0.2) is 36.4 Å². The van der Waals surface area contributed by atoms with Gasteiger partial charge in [-0.1, -0.05) is 12.1 Å². The summed E-state index contributed by atoms with van der Waals surface area (Å²) in [5.41, 5.74) is 9.26. The summed E-state index contributed by atoms with van der Waals surface area (Å²) in [6.45, 7) is 3.90. The van der Waals surface area contributed by atoms with Gasteiger partial charge in [0.1, 0.15) is 0 Å². The minimum atomic E-state index is -0.648. The van der Waals surface area contributed by atoms with E-state index in [-0.39, 0.29) is 6.61 Å². The maximum absolute atomic E-state index is 10.9. The molecule has 0 aliphatic rings. The summed E-state index contributed by atoms with van der Waals surface area (Å²) in [6, 6.07) is 10.7. The molecule has 1 aromatic carbocycles. The Morgan fingerprint density at radius 3 is 2.20 bits per heavy atom. The maximum atomic E-state index is 10.9. The highest BCUT2D eigenvalue weighted by atomic mass is 16.3. The first-order valence-electron chi connectivity index (χ1n) is 6.45. The molecule has 0 fully saturated rings. The van der Waals surface area contributed by atoms with Crippen molar-refractivity contribution in [2.45, 2.75) is 19.9 Å². The minimum Gasteiger partial charge on any atom is -0.394 e. The van der Waals surface area contributed by atoms with Gasteiger partial charge >= 0.3 is 6.03 Å². The predicted octanol–water partition coefficient (Wildman–Crippen LogP) is 1.80. The van der Waals surface area contributed by atoms with Crippen molar-refractivity contribution in [2.75, 3.05) is 6.61 Å². The molecule has 4 N–H and O–H groups in total. The highest BCUT2D eigenvalue weighted by Gasteiger charge is 2.12. The molecule has 0 bridgehead atoms. The number of aliphatic hydroxyl groups excluding tert-OH is 1. The second-order valence-corrected chi connectivity index (χ2v) is 4.79. The summed E-state index contributed by atoms with van der Waals surface area (Å²) in [5.74, 6) is 0. The average molecular weight is 273 g/mol. The number of hydrogen-bond acceptors (Lipinski definition) is 2. The maximum Gasteiger partial charge on any atom is 0.312 e. The number of rotatable bonds is 4. The van der Waals surface area contributed by atoms with Crippen LogP contribution in [0.2, 0.25) is 0 Å². The fourth-order valence-corrected chi connectivity index (χ4v) is 2.34. The Morgan fingerprint density at radius 1 is 1.20 bits per heavy atom. The lowest BCUT2D eigenvalue weighted by molar-refractivity contribution is 0.223. The standard InChI is InChI=1S/C15H19N3O2/c1-10-3-4-11(2)18(10)13-7-5-12(6-8-13)14(9-19)17-15(16)20/h3-8,14,19H,9H2,1-2H3,(H3,16,17,20). The number of aromatic nitrogens is 1. The first-order chi connectivity index (χ1) is 9.52. The Kier molecular flexibility index (Phi) is 4.10. The van der Waals surface area contributed by atoms with Gasteiger partial charge in [-0.15, -0.1) is 0 Å². The molecular formula is C15H19N3O2. The Hall–Kier alpha value is -2.27. The number of carbonyl (C=O) groups excluding carboxylic acids is 1. The van der Waals surface area contributed by atoms with Crippen molar-refractivity contribution < 1.29 is 9.90 Å². The molecule has 1 unspecified atom stereocenters. The Bertz CT molecular complexity index is 583. The van der Waals surface area contributed by atoms with Crippen molar-refractivity contribution in [3.05, 3.63) is 53.3 Å². The molecule has 0 saturated carbocycles. The van der Waals surface area contributed by atoms with Gasteiger partial charge < -0.3 is 20.7 Å². The van der Waals surface area contributed by atoms with E-state index >= 15 is 0 Å². The fourth-order valence-electron chi connectivity index (χ4n) is 2.34. The van der Waals surface area contributed by atoms with Crippen molar-refractivity contribution >= 4 is 6.03 Å². The van der Waals surface area contributed by atoms with Crippen LogP contribution < -0.4 is 11.1 Å². The number of benzene rings is 1. The van der Waals surface area contributed by atoms with Crippen LogP contribution in [0.25, 0.3) is 5.69 Å². The normalized spacial score (nSPS) is 12.2. The third kappa shape index (κ3) is 2.83. The van der Waals surface area contributed by atoms with Crippen molar-refractivity contribution in [2.24, 2.45) is 5.73 Å². The van der Waals surface area contributed by atoms with Crippen LogP contribution in [-0.4, -0.2) is 22.3 Å². The summed E-state index contributed by atoms with van der Waals surface area (Å²) >= 11 is 0. The van der Waals surface area contributed by atoms with Crippen molar-refractivity contribution in [3.63, 3.8) is 0 Å². The molecule has 0 aliphatic carbocycles. The number of urea groups is 1. The van der Waals surface area contributed by atoms with Gasteiger partial charge in [-0.05, 0) is 43.7 Å². The van der Waals surface area contributed by atoms with E-state index in [9.17, 15) is 9.90 Å². The Labute approximate surface area is 118 Å². The molecule has 106 valence electrons. The van der Waals surface area contributed by atoms with E-state index in [1.54, 1.807) is 0 Å². The molecule has 5 nitrogen and oxygen atoms in total. The molecule has 5 heteroatoms. The smallest absolute Gasteiger partial charge is 0.312 e. The van der Waals surface area contributed by atoms with Gasteiger partial charge in [0, 0.05) is 17.1 Å². The fraction of sp³-hybridized carbons (Fsp3) is 0.267. The lowest BCUT2D eigenvalue weighted by Gasteiger charge is -2.16. The minimum absolute atomic E-state index is 0.191. The van der Waals surface area contributed by atoms with Gasteiger partial charge in [-0.3, -0.25) is 0 Å². The first-order valence-corrected chi connectivity index (χ1v) is 6.45. The molecule has 0 radical (unpaired) electrons. The zero-order chi connectivity index (χ0) is 14.7. The number of primary amides is 1. The van der Waals surface area contributed by atoms with Crippen LogP contribution in [0, 0.1) is 13.8 Å². The van der Waals surface area contributed by atoms with Crippen LogP contribution >= 0.6 is 0 Å². The zero-order valence-electron chi connectivity index (χ0n) is 11.6. The number of aliphatic hydroxyl groups is 1. The van der Waals surface area contributed by atoms with Crippen molar-refractivity contribution in [1.29, 1.82) is 0 Å². The van der Waals surface area contributed by atoms with Gasteiger partial charge in [0.15, 0.2) is 0 Å². The molecule has 2 rings (SSSR count). The molecule has 1 atom stereocenters. The van der Waals surface area contributed by atoms with Gasteiger partial charge in [-0.25, -0.2) is 4.79 Å². The number of nitrogens with one attached hydrogen (secondary N) is 1. The predicted molar refractivity (Wildman–Crippen MR) is 77.8 cm³/mol. The van der Waals surface area contributed by atoms with Crippen LogP contribution in [0.5, 0.6) is 0 Å². The topological polar surface area (TPSA) is 80.3 Å². The molecule has 0 aliphatic heterocycles. The van der Waals surface area contributed by atoms with E-state index in [1.807, 2.05) is 38.1 Å². The lowest BCUT2D eigenvalue weighted by atomic mass is 10.1. The molecule has 20 heavy (non-hydrogen) atoms. The molecule has 2 aromatic rings. The lowest BCUT2D eigenvalue weighted by Crippen LogP contribution is -2.34. The Morgan fingerprint density at radius 2 is 1.75 bits per heavy atom. The van der Waals surface area contributed by atoms with Gasteiger partial charge in [-0.2, -0.15) is 0 Å². The van der Waals surface area contributed by atoms with E-state index in [0.717, 1.165) is 22.6 Å². The summed E-state index contributed by atoms with van der Waals surface area (Å²) in [7, 11) is 0. The first kappa shape index (κ1) is 14.1. The highest BCUT2D eigenvalue weighted by Crippen LogP contribution is 2.19. The SMILES string of the molecule is Cc1ccc(C)n1-c1ccc(C(CO)NC(N)=O)cc1. The average Bonchev–Trinajstić information content (AvgIpc) is 2.76. The summed E-state index contributed by atoms with van der Waals surface area (Å²) in [6.07, 6.45) is 0. The van der Waals surface area contributed by atoms with Gasteiger partial charge in [0.05, 0.1) is 12.6 Å². The number of nitrogens with zero attached hydrogens (tertiary/aromatic N) is 1. The number of amides is 2. The zero-order valence-corrected chi connectivity index (χ0v) is 11.6. The van der Waals surface area contributed by atoms with Gasteiger partial charge in [0.25, 0.3) is 0 Å². The summed E-state index contributed by atoms with van der Waals surface area (Å²) < 4.78 is 2.14. The van der Waals surface area contributed by atoms with Crippen LogP contribution in [-0.2, 0) is 0 Å².